The minimum Gasteiger partial charge on any atom is -0.476 e. The van der Waals surface area contributed by atoms with Crippen molar-refractivity contribution in [3.63, 3.8) is 0 Å². The molecule has 0 aliphatic rings. The fraction of sp³-hybridized carbons (Fsp3) is 0.200. The van der Waals surface area contributed by atoms with E-state index >= 15 is 0 Å². The summed E-state index contributed by atoms with van der Waals surface area (Å²) in [4.78, 5) is 35.0. The summed E-state index contributed by atoms with van der Waals surface area (Å²) in [6.45, 7) is 2.07. The highest BCUT2D eigenvalue weighted by atomic mass is 35.5. The van der Waals surface area contributed by atoms with Gasteiger partial charge in [-0.15, -0.1) is 10.2 Å². The van der Waals surface area contributed by atoms with Gasteiger partial charge in [0.25, 0.3) is 5.91 Å². The Bertz CT molecular complexity index is 1780. The predicted molar refractivity (Wildman–Crippen MR) is 157 cm³/mol. The number of halogens is 1. The SMILES string of the molecule is CCCCc1nc(Cl)c(C(=O)O)n1Cc1ccc(-c2ccccc2-c2nnn(C(=O)c3ccccc3CON(O)O)n2)cc1. The summed E-state index contributed by atoms with van der Waals surface area (Å²) in [5, 5.41) is 39.5. The molecule has 3 N–H and O–H groups in total. The van der Waals surface area contributed by atoms with Crippen molar-refractivity contribution in [3.05, 3.63) is 106 Å². The topological polar surface area (TPSA) is 169 Å². The number of rotatable bonds is 12. The standard InChI is InChI=1S/C30H28ClN7O6/c1-2-3-12-25-32-27(31)26(30(40)41)36(25)17-19-13-15-20(16-14-19)22-9-6-7-11-24(22)28-33-35-37(34-28)29(39)23-10-5-4-8-21(23)18-44-38(42)43/h4-11,13-16,42-43H,2-3,12,17-18H2,1H3,(H,40,41). The fourth-order valence-corrected chi connectivity index (χ4v) is 5.05. The highest BCUT2D eigenvalue weighted by Gasteiger charge is 2.22. The Morgan fingerprint density at radius 1 is 0.977 bits per heavy atom. The Morgan fingerprint density at radius 3 is 2.39 bits per heavy atom. The van der Waals surface area contributed by atoms with Gasteiger partial charge in [0, 0.05) is 24.1 Å². The molecule has 44 heavy (non-hydrogen) atoms. The van der Waals surface area contributed by atoms with Crippen LogP contribution in [-0.4, -0.2) is 62.5 Å². The lowest BCUT2D eigenvalue weighted by Crippen LogP contribution is -2.19. The molecule has 0 fully saturated rings. The third-order valence-corrected chi connectivity index (χ3v) is 7.18. The maximum absolute atomic E-state index is 13.2. The van der Waals surface area contributed by atoms with Gasteiger partial charge in [-0.3, -0.25) is 15.2 Å². The van der Waals surface area contributed by atoms with Gasteiger partial charge in [-0.1, -0.05) is 96.5 Å². The van der Waals surface area contributed by atoms with E-state index < -0.39 is 17.3 Å². The molecule has 0 saturated heterocycles. The smallest absolute Gasteiger partial charge is 0.355 e. The van der Waals surface area contributed by atoms with Crippen molar-refractivity contribution in [1.82, 2.24) is 35.1 Å². The molecule has 0 spiro atoms. The second kappa shape index (κ2) is 13.7. The third kappa shape index (κ3) is 6.72. The summed E-state index contributed by atoms with van der Waals surface area (Å²) < 4.78 is 1.65. The molecule has 5 rings (SSSR count). The van der Waals surface area contributed by atoms with Crippen LogP contribution in [0, 0.1) is 0 Å². The summed E-state index contributed by atoms with van der Waals surface area (Å²) in [5.74, 6) is -0.853. The highest BCUT2D eigenvalue weighted by molar-refractivity contribution is 6.32. The average Bonchev–Trinajstić information content (AvgIpc) is 3.64. The second-order valence-electron chi connectivity index (χ2n) is 9.80. The van der Waals surface area contributed by atoms with Gasteiger partial charge in [0.05, 0.1) is 12.0 Å². The van der Waals surface area contributed by atoms with Gasteiger partial charge in [0.15, 0.2) is 10.8 Å². The van der Waals surface area contributed by atoms with Gasteiger partial charge < -0.3 is 9.67 Å². The van der Waals surface area contributed by atoms with Crippen LogP contribution < -0.4 is 0 Å². The number of aromatic carboxylic acids is 1. The van der Waals surface area contributed by atoms with E-state index in [1.807, 2.05) is 48.5 Å². The van der Waals surface area contributed by atoms with Crippen molar-refractivity contribution in [1.29, 1.82) is 0 Å². The van der Waals surface area contributed by atoms with E-state index in [4.69, 9.17) is 22.0 Å². The van der Waals surface area contributed by atoms with Crippen LogP contribution in [0.5, 0.6) is 0 Å². The van der Waals surface area contributed by atoms with Crippen molar-refractivity contribution >= 4 is 23.5 Å². The molecular formula is C30H28ClN7O6. The molecule has 0 aliphatic carbocycles. The molecule has 0 saturated carbocycles. The summed E-state index contributed by atoms with van der Waals surface area (Å²) in [7, 11) is 0. The van der Waals surface area contributed by atoms with Gasteiger partial charge in [-0.2, -0.15) is 0 Å². The summed E-state index contributed by atoms with van der Waals surface area (Å²) >= 11 is 6.18. The van der Waals surface area contributed by atoms with Crippen LogP contribution >= 0.6 is 11.6 Å². The van der Waals surface area contributed by atoms with Crippen LogP contribution in [0.1, 0.15) is 57.6 Å². The zero-order valence-electron chi connectivity index (χ0n) is 23.5. The molecule has 0 radical (unpaired) electrons. The number of hydrogen-bond donors (Lipinski definition) is 3. The number of nitrogens with zero attached hydrogens (tertiary/aromatic N) is 7. The molecule has 0 unspecified atom stereocenters. The summed E-state index contributed by atoms with van der Waals surface area (Å²) in [5.41, 5.74) is 3.70. The Labute approximate surface area is 256 Å². The first-order chi connectivity index (χ1) is 21.3. The van der Waals surface area contributed by atoms with Gasteiger partial charge in [0.1, 0.15) is 5.82 Å². The normalized spacial score (nSPS) is 11.3. The van der Waals surface area contributed by atoms with Gasteiger partial charge >= 0.3 is 5.97 Å². The van der Waals surface area contributed by atoms with E-state index in [1.165, 1.54) is 0 Å². The van der Waals surface area contributed by atoms with Crippen molar-refractivity contribution < 1.29 is 29.9 Å². The molecule has 0 amide bonds. The number of carboxylic acids is 1. The van der Waals surface area contributed by atoms with Crippen LogP contribution in [-0.2, 0) is 24.4 Å². The maximum atomic E-state index is 13.2. The van der Waals surface area contributed by atoms with Crippen LogP contribution in [0.15, 0.2) is 72.8 Å². The molecule has 0 aliphatic heterocycles. The number of aromatic nitrogens is 6. The largest absolute Gasteiger partial charge is 0.476 e. The minimum atomic E-state index is -1.13. The number of carbonyl (C=O) groups excluding carboxylic acids is 1. The van der Waals surface area contributed by atoms with Crippen molar-refractivity contribution in [2.45, 2.75) is 39.3 Å². The molecule has 2 heterocycles. The molecule has 2 aromatic heterocycles. The first-order valence-corrected chi connectivity index (χ1v) is 14.0. The van der Waals surface area contributed by atoms with E-state index in [2.05, 4.69) is 32.2 Å². The number of unbranched alkanes of at least 4 members (excludes halogenated alkanes) is 1. The van der Waals surface area contributed by atoms with Crippen molar-refractivity contribution in [2.24, 2.45) is 0 Å². The number of hydrogen-bond acceptors (Lipinski definition) is 10. The molecule has 14 heteroatoms. The van der Waals surface area contributed by atoms with E-state index in [0.29, 0.717) is 29.9 Å². The molecule has 0 bridgehead atoms. The average molecular weight is 618 g/mol. The molecule has 0 atom stereocenters. The second-order valence-corrected chi connectivity index (χ2v) is 10.2. The van der Waals surface area contributed by atoms with Crippen LogP contribution in [0.25, 0.3) is 22.5 Å². The number of carboxylic acid groups (broad SMARTS) is 1. The predicted octanol–water partition coefficient (Wildman–Crippen LogP) is 5.15. The lowest BCUT2D eigenvalue weighted by Gasteiger charge is -2.12. The highest BCUT2D eigenvalue weighted by Crippen LogP contribution is 2.30. The Balaban J connectivity index is 1.40. The van der Waals surface area contributed by atoms with Crippen LogP contribution in [0.4, 0.5) is 0 Å². The van der Waals surface area contributed by atoms with E-state index in [-0.39, 0.29) is 28.8 Å². The van der Waals surface area contributed by atoms with Crippen LogP contribution in [0.3, 0.4) is 0 Å². The molecule has 5 aromatic rings. The molecule has 3 aromatic carbocycles. The van der Waals surface area contributed by atoms with E-state index in [9.17, 15) is 14.7 Å². The first kappa shape index (κ1) is 30.7. The number of benzene rings is 3. The molecule has 226 valence electrons. The van der Waals surface area contributed by atoms with Gasteiger partial charge in [-0.05, 0) is 40.0 Å². The molecule has 13 nitrogen and oxygen atoms in total. The van der Waals surface area contributed by atoms with E-state index in [1.54, 1.807) is 28.8 Å². The number of carbonyl (C=O) groups is 2. The fourth-order valence-electron chi connectivity index (χ4n) is 4.77. The van der Waals surface area contributed by atoms with Gasteiger partial charge in [-0.25, -0.2) is 14.6 Å². The Morgan fingerprint density at radius 2 is 1.68 bits per heavy atom. The monoisotopic (exact) mass is 617 g/mol. The maximum Gasteiger partial charge on any atom is 0.355 e. The zero-order valence-corrected chi connectivity index (χ0v) is 24.3. The quantitative estimate of drug-likeness (QED) is 0.158. The van der Waals surface area contributed by atoms with Crippen LogP contribution in [0.2, 0.25) is 5.15 Å². The Hall–Kier alpha value is -4.79. The van der Waals surface area contributed by atoms with E-state index in [0.717, 1.165) is 34.3 Å². The summed E-state index contributed by atoms with van der Waals surface area (Å²) in [6.07, 6.45) is 2.42. The minimum absolute atomic E-state index is 0.0213. The summed E-state index contributed by atoms with van der Waals surface area (Å²) in [6, 6.07) is 21.5. The number of tetrazole rings is 1. The number of imidazole rings is 1. The lowest BCUT2D eigenvalue weighted by atomic mass is 9.98. The van der Waals surface area contributed by atoms with Crippen molar-refractivity contribution in [3.8, 4) is 22.5 Å². The zero-order chi connectivity index (χ0) is 31.2. The third-order valence-electron chi connectivity index (χ3n) is 6.91. The van der Waals surface area contributed by atoms with Crippen molar-refractivity contribution in [2.75, 3.05) is 0 Å². The molecular weight excluding hydrogens is 590 g/mol. The van der Waals surface area contributed by atoms with Gasteiger partial charge in [0.2, 0.25) is 5.82 Å². The Kier molecular flexibility index (Phi) is 9.53. The number of aryl methyl sites for hydroxylation is 1. The first-order valence-electron chi connectivity index (χ1n) is 13.7. The lowest BCUT2D eigenvalue weighted by molar-refractivity contribution is -0.497.